The molecule has 9 heteroatoms. The number of aryl methyl sites for hydroxylation is 1. The molecule has 2 aromatic heterocycles. The number of carbonyl (C=O) groups excluding carboxylic acids is 2. The van der Waals surface area contributed by atoms with Crippen molar-refractivity contribution in [1.29, 1.82) is 0 Å². The zero-order valence-electron chi connectivity index (χ0n) is 16.0. The molecule has 0 atom stereocenters. The Morgan fingerprint density at radius 3 is 2.77 bits per heavy atom. The Labute approximate surface area is 170 Å². The third-order valence-corrected chi connectivity index (χ3v) is 4.98. The summed E-state index contributed by atoms with van der Waals surface area (Å²) >= 11 is 0. The molecule has 0 radical (unpaired) electrons. The monoisotopic (exact) mass is 411 g/mol. The van der Waals surface area contributed by atoms with E-state index in [0.717, 1.165) is 42.1 Å². The van der Waals surface area contributed by atoms with Gasteiger partial charge in [0.15, 0.2) is 17.3 Å². The van der Waals surface area contributed by atoms with Gasteiger partial charge < -0.3 is 10.6 Å². The minimum atomic E-state index is -1.19. The second-order valence-electron chi connectivity index (χ2n) is 7.01. The zero-order chi connectivity index (χ0) is 21.1. The highest BCUT2D eigenvalue weighted by Crippen LogP contribution is 2.22. The first-order chi connectivity index (χ1) is 14.5. The van der Waals surface area contributed by atoms with Crippen molar-refractivity contribution >= 4 is 11.8 Å². The summed E-state index contributed by atoms with van der Waals surface area (Å²) in [5, 5.41) is 12.4. The number of nitrogens with one attached hydrogen (secondary N) is 3. The van der Waals surface area contributed by atoms with Crippen LogP contribution in [0.4, 0.5) is 8.78 Å². The first-order valence-corrected chi connectivity index (χ1v) is 9.53. The lowest BCUT2D eigenvalue weighted by molar-refractivity contribution is 0.0937. The number of carbonyl (C=O) groups is 2. The van der Waals surface area contributed by atoms with E-state index in [1.54, 1.807) is 18.3 Å². The van der Waals surface area contributed by atoms with Gasteiger partial charge in [0.1, 0.15) is 0 Å². The zero-order valence-corrected chi connectivity index (χ0v) is 16.0. The van der Waals surface area contributed by atoms with Gasteiger partial charge in [-0.1, -0.05) is 6.07 Å². The molecule has 4 rings (SSSR count). The van der Waals surface area contributed by atoms with Gasteiger partial charge in [-0.05, 0) is 49.1 Å². The number of H-pyrrole nitrogens is 1. The van der Waals surface area contributed by atoms with Crippen LogP contribution in [-0.4, -0.2) is 27.0 Å². The van der Waals surface area contributed by atoms with Crippen molar-refractivity contribution in [3.05, 3.63) is 81.9 Å². The van der Waals surface area contributed by atoms with Crippen LogP contribution in [0.15, 0.2) is 36.5 Å². The van der Waals surface area contributed by atoms with E-state index in [2.05, 4.69) is 25.8 Å². The maximum Gasteiger partial charge on any atom is 0.272 e. The number of rotatable bonds is 6. The first-order valence-electron chi connectivity index (χ1n) is 9.53. The lowest BCUT2D eigenvalue weighted by Crippen LogP contribution is -2.25. The molecule has 1 aromatic carbocycles. The number of nitrogens with zero attached hydrogens (tertiary/aromatic N) is 2. The summed E-state index contributed by atoms with van der Waals surface area (Å²) in [5.41, 5.74) is 3.37. The number of amides is 2. The first kappa shape index (κ1) is 19.7. The highest BCUT2D eigenvalue weighted by atomic mass is 19.2. The minimum Gasteiger partial charge on any atom is -0.347 e. The van der Waals surface area contributed by atoms with Crippen molar-refractivity contribution in [2.24, 2.45) is 0 Å². The predicted octanol–water partition coefficient (Wildman–Crippen LogP) is 2.43. The predicted molar refractivity (Wildman–Crippen MR) is 104 cm³/mol. The molecule has 3 N–H and O–H groups in total. The topological polar surface area (TPSA) is 99.8 Å². The second kappa shape index (κ2) is 8.40. The van der Waals surface area contributed by atoms with E-state index in [4.69, 9.17) is 0 Å². The van der Waals surface area contributed by atoms with Crippen molar-refractivity contribution in [2.75, 3.05) is 0 Å². The van der Waals surface area contributed by atoms with Gasteiger partial charge in [0.2, 0.25) is 0 Å². The van der Waals surface area contributed by atoms with E-state index in [9.17, 15) is 18.4 Å². The van der Waals surface area contributed by atoms with Crippen LogP contribution in [0.25, 0.3) is 0 Å². The summed E-state index contributed by atoms with van der Waals surface area (Å²) in [6.07, 6.45) is 4.33. The molecule has 30 heavy (non-hydrogen) atoms. The van der Waals surface area contributed by atoms with Crippen LogP contribution in [0.1, 0.15) is 49.8 Å². The number of aromatic nitrogens is 3. The number of benzene rings is 1. The minimum absolute atomic E-state index is 0.0312. The number of hydrogen-bond donors (Lipinski definition) is 3. The second-order valence-corrected chi connectivity index (χ2v) is 7.01. The van der Waals surface area contributed by atoms with E-state index >= 15 is 0 Å². The molecule has 0 saturated heterocycles. The van der Waals surface area contributed by atoms with Crippen molar-refractivity contribution in [3.63, 3.8) is 0 Å². The fourth-order valence-corrected chi connectivity index (χ4v) is 3.45. The Morgan fingerprint density at radius 1 is 1.07 bits per heavy atom. The Morgan fingerprint density at radius 2 is 1.90 bits per heavy atom. The molecule has 0 aliphatic heterocycles. The summed E-state index contributed by atoms with van der Waals surface area (Å²) in [6.45, 7) is 0.298. The number of halogens is 2. The van der Waals surface area contributed by atoms with E-state index in [-0.39, 0.29) is 24.6 Å². The molecular weight excluding hydrogens is 392 g/mol. The summed E-state index contributed by atoms with van der Waals surface area (Å²) in [6, 6.07) is 6.88. The maximum absolute atomic E-state index is 13.7. The molecule has 0 spiro atoms. The van der Waals surface area contributed by atoms with Crippen LogP contribution >= 0.6 is 0 Å². The molecule has 154 valence electrons. The lowest BCUT2D eigenvalue weighted by atomic mass is 10.1. The van der Waals surface area contributed by atoms with Gasteiger partial charge in [-0.3, -0.25) is 19.7 Å². The van der Waals surface area contributed by atoms with E-state index in [0.29, 0.717) is 11.4 Å². The van der Waals surface area contributed by atoms with Gasteiger partial charge in [-0.25, -0.2) is 8.78 Å². The van der Waals surface area contributed by atoms with Crippen molar-refractivity contribution in [1.82, 2.24) is 25.8 Å². The Kier molecular flexibility index (Phi) is 5.51. The molecule has 2 heterocycles. The standard InChI is InChI=1S/C21H19F2N5O2/c22-16-5-1-4-15(18(16)23)20(29)26-11-13-9-12(7-8-24-13)10-25-21(30)19-14-3-2-6-17(14)27-28-19/h1,4-5,7-9H,2-3,6,10-11H2,(H,25,30)(H,26,29)(H,27,28). The summed E-state index contributed by atoms with van der Waals surface area (Å²) in [7, 11) is 0. The van der Waals surface area contributed by atoms with Gasteiger partial charge in [-0.2, -0.15) is 5.10 Å². The molecule has 2 amide bonds. The van der Waals surface area contributed by atoms with E-state index < -0.39 is 17.5 Å². The van der Waals surface area contributed by atoms with E-state index in [1.165, 1.54) is 12.1 Å². The largest absolute Gasteiger partial charge is 0.347 e. The highest BCUT2D eigenvalue weighted by Gasteiger charge is 2.22. The highest BCUT2D eigenvalue weighted by molar-refractivity contribution is 5.94. The van der Waals surface area contributed by atoms with Crippen LogP contribution < -0.4 is 10.6 Å². The quantitative estimate of drug-likeness (QED) is 0.580. The van der Waals surface area contributed by atoms with Gasteiger partial charge in [0.05, 0.1) is 17.8 Å². The molecule has 1 aliphatic rings. The molecule has 0 bridgehead atoms. The van der Waals surface area contributed by atoms with Crippen LogP contribution in [0.2, 0.25) is 0 Å². The normalized spacial score (nSPS) is 12.5. The van der Waals surface area contributed by atoms with Gasteiger partial charge >= 0.3 is 0 Å². The van der Waals surface area contributed by atoms with Crippen LogP contribution in [0.3, 0.4) is 0 Å². The molecule has 0 unspecified atom stereocenters. The average molecular weight is 411 g/mol. The average Bonchev–Trinajstić information content (AvgIpc) is 3.36. The SMILES string of the molecule is O=C(NCc1cc(CNC(=O)c2n[nH]c3c2CCC3)ccn1)c1cccc(F)c1F. The number of aromatic amines is 1. The molecular formula is C21H19F2N5O2. The van der Waals surface area contributed by atoms with Gasteiger partial charge in [0, 0.05) is 24.0 Å². The smallest absolute Gasteiger partial charge is 0.272 e. The number of pyridine rings is 1. The summed E-state index contributed by atoms with van der Waals surface area (Å²) in [4.78, 5) is 28.7. The summed E-state index contributed by atoms with van der Waals surface area (Å²) < 4.78 is 27.0. The van der Waals surface area contributed by atoms with Crippen LogP contribution in [-0.2, 0) is 25.9 Å². The Hall–Kier alpha value is -3.62. The lowest BCUT2D eigenvalue weighted by Gasteiger charge is -2.08. The fraction of sp³-hybridized carbons (Fsp3) is 0.238. The Bertz CT molecular complexity index is 1110. The van der Waals surface area contributed by atoms with Crippen LogP contribution in [0, 0.1) is 11.6 Å². The fourth-order valence-electron chi connectivity index (χ4n) is 3.45. The molecule has 3 aromatic rings. The number of fused-ring (bicyclic) bond motifs is 1. The molecule has 1 aliphatic carbocycles. The van der Waals surface area contributed by atoms with Crippen LogP contribution in [0.5, 0.6) is 0 Å². The Balaban J connectivity index is 1.35. The summed E-state index contributed by atoms with van der Waals surface area (Å²) in [5.74, 6) is -3.26. The van der Waals surface area contributed by atoms with Crippen molar-refractivity contribution in [3.8, 4) is 0 Å². The molecule has 0 saturated carbocycles. The van der Waals surface area contributed by atoms with Gasteiger partial charge in [-0.15, -0.1) is 0 Å². The third-order valence-electron chi connectivity index (χ3n) is 4.98. The van der Waals surface area contributed by atoms with Crippen molar-refractivity contribution in [2.45, 2.75) is 32.4 Å². The molecule has 0 fully saturated rings. The van der Waals surface area contributed by atoms with Gasteiger partial charge in [0.25, 0.3) is 11.8 Å². The number of hydrogen-bond acceptors (Lipinski definition) is 4. The molecule has 7 nitrogen and oxygen atoms in total. The third kappa shape index (κ3) is 4.05. The maximum atomic E-state index is 13.7. The van der Waals surface area contributed by atoms with E-state index in [1.807, 2.05) is 0 Å². The van der Waals surface area contributed by atoms with Crippen molar-refractivity contribution < 1.29 is 18.4 Å².